The van der Waals surface area contributed by atoms with Crippen LogP contribution in [0.3, 0.4) is 0 Å². The Kier molecular flexibility index (Phi) is 2.40. The number of aromatic nitrogens is 1. The minimum absolute atomic E-state index is 0.320. The van der Waals surface area contributed by atoms with Gasteiger partial charge in [-0.2, -0.15) is 0 Å². The van der Waals surface area contributed by atoms with Crippen molar-refractivity contribution in [2.45, 2.75) is 6.54 Å². The maximum atomic E-state index is 9.42. The van der Waals surface area contributed by atoms with Crippen LogP contribution in [0.15, 0.2) is 24.4 Å². The molecule has 1 aromatic heterocycles. The lowest BCUT2D eigenvalue weighted by atomic mass is 10.1. The number of phenolic OH excluding ortho intramolecular Hbond substituents is 1. The topological polar surface area (TPSA) is 28.4 Å². The fraction of sp³-hybridized carbons (Fsp3) is 0.333. The molecule has 0 atom stereocenters. The van der Waals surface area contributed by atoms with Gasteiger partial charge >= 0.3 is 0 Å². The first-order chi connectivity index (χ1) is 7.08. The van der Waals surface area contributed by atoms with Crippen LogP contribution in [-0.4, -0.2) is 28.7 Å². The molecule has 1 N–H and O–H groups in total. The average molecular weight is 204 g/mol. The van der Waals surface area contributed by atoms with Crippen molar-refractivity contribution < 1.29 is 5.11 Å². The molecule has 0 radical (unpaired) electrons. The van der Waals surface area contributed by atoms with Crippen LogP contribution in [0, 0.1) is 0 Å². The molecule has 0 spiro atoms. The van der Waals surface area contributed by atoms with E-state index in [1.807, 2.05) is 17.7 Å². The second kappa shape index (κ2) is 3.59. The van der Waals surface area contributed by atoms with Gasteiger partial charge in [0.25, 0.3) is 0 Å². The van der Waals surface area contributed by atoms with Crippen LogP contribution in [0.1, 0.15) is 5.56 Å². The Morgan fingerprint density at radius 2 is 2.07 bits per heavy atom. The molecule has 1 aromatic carbocycles. The second-order valence-electron chi connectivity index (χ2n) is 4.20. The van der Waals surface area contributed by atoms with Crippen molar-refractivity contribution in [2.75, 3.05) is 14.1 Å². The highest BCUT2D eigenvalue weighted by Gasteiger charge is 2.07. The molecule has 0 unspecified atom stereocenters. The van der Waals surface area contributed by atoms with E-state index in [4.69, 9.17) is 0 Å². The van der Waals surface area contributed by atoms with Crippen LogP contribution < -0.4 is 0 Å². The Balaban J connectivity index is 2.57. The van der Waals surface area contributed by atoms with Crippen molar-refractivity contribution in [3.63, 3.8) is 0 Å². The number of rotatable bonds is 2. The molecule has 0 saturated heterocycles. The molecule has 1 heterocycles. The Morgan fingerprint density at radius 3 is 2.73 bits per heavy atom. The molecule has 0 aliphatic heterocycles. The first-order valence-electron chi connectivity index (χ1n) is 4.99. The van der Waals surface area contributed by atoms with E-state index in [1.54, 1.807) is 12.1 Å². The molecule has 0 bridgehead atoms. The summed E-state index contributed by atoms with van der Waals surface area (Å²) in [5.74, 6) is 0.320. The SMILES string of the molecule is CN(C)Cc1cn(C)c2cc(O)ccc12. The zero-order chi connectivity index (χ0) is 11.0. The first-order valence-corrected chi connectivity index (χ1v) is 4.99. The van der Waals surface area contributed by atoms with Gasteiger partial charge in [-0.1, -0.05) is 0 Å². The lowest BCUT2D eigenvalue weighted by molar-refractivity contribution is 0.404. The number of aryl methyl sites for hydroxylation is 1. The lowest BCUT2D eigenvalue weighted by Gasteiger charge is -2.07. The summed E-state index contributed by atoms with van der Waals surface area (Å²) in [5, 5.41) is 10.6. The minimum Gasteiger partial charge on any atom is -0.508 e. The van der Waals surface area contributed by atoms with Crippen molar-refractivity contribution >= 4 is 10.9 Å². The number of nitrogens with zero attached hydrogens (tertiary/aromatic N) is 2. The summed E-state index contributed by atoms with van der Waals surface area (Å²) in [6.45, 7) is 0.919. The molecule has 3 nitrogen and oxygen atoms in total. The average Bonchev–Trinajstić information content (AvgIpc) is 2.42. The maximum absolute atomic E-state index is 9.42. The highest BCUT2D eigenvalue weighted by Crippen LogP contribution is 2.25. The number of phenols is 1. The third-order valence-corrected chi connectivity index (χ3v) is 2.54. The molecule has 0 saturated carbocycles. The summed E-state index contributed by atoms with van der Waals surface area (Å²) in [5.41, 5.74) is 2.37. The highest BCUT2D eigenvalue weighted by atomic mass is 16.3. The minimum atomic E-state index is 0.320. The van der Waals surface area contributed by atoms with E-state index in [0.717, 1.165) is 12.1 Å². The quantitative estimate of drug-likeness (QED) is 0.809. The summed E-state index contributed by atoms with van der Waals surface area (Å²) in [4.78, 5) is 2.14. The predicted octanol–water partition coefficient (Wildman–Crippen LogP) is 1.95. The molecule has 3 heteroatoms. The molecular weight excluding hydrogens is 188 g/mol. The Hall–Kier alpha value is -1.48. The van der Waals surface area contributed by atoms with E-state index in [0.29, 0.717) is 5.75 Å². The Morgan fingerprint density at radius 1 is 1.33 bits per heavy atom. The molecule has 80 valence electrons. The van der Waals surface area contributed by atoms with Crippen LogP contribution in [0.4, 0.5) is 0 Å². The van der Waals surface area contributed by atoms with Crippen molar-refractivity contribution in [1.82, 2.24) is 9.47 Å². The molecule has 2 aromatic rings. The number of fused-ring (bicyclic) bond motifs is 1. The largest absolute Gasteiger partial charge is 0.508 e. The fourth-order valence-corrected chi connectivity index (χ4v) is 1.92. The van der Waals surface area contributed by atoms with E-state index >= 15 is 0 Å². The van der Waals surface area contributed by atoms with Crippen molar-refractivity contribution in [3.8, 4) is 5.75 Å². The van der Waals surface area contributed by atoms with Gasteiger partial charge < -0.3 is 14.6 Å². The first kappa shape index (κ1) is 10.1. The van der Waals surface area contributed by atoms with Crippen molar-refractivity contribution in [1.29, 1.82) is 0 Å². The normalized spacial score (nSPS) is 11.5. The summed E-state index contributed by atoms with van der Waals surface area (Å²) >= 11 is 0. The molecule has 0 fully saturated rings. The summed E-state index contributed by atoms with van der Waals surface area (Å²) in [6, 6.07) is 5.51. The van der Waals surface area contributed by atoms with Gasteiger partial charge in [0.2, 0.25) is 0 Å². The maximum Gasteiger partial charge on any atom is 0.117 e. The number of hydrogen-bond donors (Lipinski definition) is 1. The number of hydrogen-bond acceptors (Lipinski definition) is 2. The van der Waals surface area contributed by atoms with Gasteiger partial charge in [0.1, 0.15) is 5.75 Å². The fourth-order valence-electron chi connectivity index (χ4n) is 1.92. The molecule has 2 rings (SSSR count). The van der Waals surface area contributed by atoms with Crippen LogP contribution in [0.2, 0.25) is 0 Å². The van der Waals surface area contributed by atoms with Gasteiger partial charge in [-0.25, -0.2) is 0 Å². The van der Waals surface area contributed by atoms with E-state index in [9.17, 15) is 5.11 Å². The molecule has 0 amide bonds. The van der Waals surface area contributed by atoms with E-state index in [2.05, 4.69) is 25.2 Å². The molecule has 0 aliphatic carbocycles. The van der Waals surface area contributed by atoms with E-state index in [1.165, 1.54) is 10.9 Å². The molecule has 15 heavy (non-hydrogen) atoms. The van der Waals surface area contributed by atoms with Gasteiger partial charge in [-0.15, -0.1) is 0 Å². The van der Waals surface area contributed by atoms with Crippen LogP contribution >= 0.6 is 0 Å². The van der Waals surface area contributed by atoms with Gasteiger partial charge in [0.15, 0.2) is 0 Å². The van der Waals surface area contributed by atoms with Crippen LogP contribution in [0.5, 0.6) is 5.75 Å². The summed E-state index contributed by atoms with van der Waals surface area (Å²) in [7, 11) is 6.11. The van der Waals surface area contributed by atoms with Crippen LogP contribution in [0.25, 0.3) is 10.9 Å². The number of benzene rings is 1. The van der Waals surface area contributed by atoms with Gasteiger partial charge in [0.05, 0.1) is 5.52 Å². The Labute approximate surface area is 89.5 Å². The van der Waals surface area contributed by atoms with Crippen molar-refractivity contribution in [2.24, 2.45) is 7.05 Å². The third kappa shape index (κ3) is 1.83. The monoisotopic (exact) mass is 204 g/mol. The van der Waals surface area contributed by atoms with E-state index in [-0.39, 0.29) is 0 Å². The second-order valence-corrected chi connectivity index (χ2v) is 4.20. The standard InChI is InChI=1S/C12H16N2O/c1-13(2)7-9-8-14(3)12-6-10(15)4-5-11(9)12/h4-6,8,15H,7H2,1-3H3. The summed E-state index contributed by atoms with van der Waals surface area (Å²) < 4.78 is 2.05. The number of aromatic hydroxyl groups is 1. The zero-order valence-electron chi connectivity index (χ0n) is 9.36. The molecule has 0 aliphatic rings. The summed E-state index contributed by atoms with van der Waals surface area (Å²) in [6.07, 6.45) is 2.12. The predicted molar refractivity (Wildman–Crippen MR) is 62.0 cm³/mol. The Bertz CT molecular complexity index is 486. The smallest absolute Gasteiger partial charge is 0.117 e. The van der Waals surface area contributed by atoms with E-state index < -0.39 is 0 Å². The molecular formula is C12H16N2O. The third-order valence-electron chi connectivity index (χ3n) is 2.54. The van der Waals surface area contributed by atoms with Crippen molar-refractivity contribution in [3.05, 3.63) is 30.0 Å². The van der Waals surface area contributed by atoms with Gasteiger partial charge in [0, 0.05) is 31.2 Å². The van der Waals surface area contributed by atoms with Gasteiger partial charge in [-0.3, -0.25) is 0 Å². The van der Waals surface area contributed by atoms with Crippen LogP contribution in [-0.2, 0) is 13.6 Å². The van der Waals surface area contributed by atoms with Gasteiger partial charge in [-0.05, 0) is 31.8 Å². The zero-order valence-corrected chi connectivity index (χ0v) is 9.36. The lowest BCUT2D eigenvalue weighted by Crippen LogP contribution is -2.10. The highest BCUT2D eigenvalue weighted by molar-refractivity contribution is 5.85.